The summed E-state index contributed by atoms with van der Waals surface area (Å²) < 4.78 is 6.94. The van der Waals surface area contributed by atoms with Gasteiger partial charge in [0.25, 0.3) is 0 Å². The highest BCUT2D eigenvalue weighted by molar-refractivity contribution is 5.86. The molecule has 0 saturated heterocycles. The Hall–Kier alpha value is -2.37. The lowest BCUT2D eigenvalue weighted by Gasteiger charge is -2.08. The van der Waals surface area contributed by atoms with E-state index >= 15 is 0 Å². The fraction of sp³-hybridized carbons (Fsp3) is 0.250. The van der Waals surface area contributed by atoms with Gasteiger partial charge in [0.1, 0.15) is 0 Å². The predicted octanol–water partition coefficient (Wildman–Crippen LogP) is 1.75. The monoisotopic (exact) mass is 247 g/mol. The van der Waals surface area contributed by atoms with E-state index in [1.165, 1.54) is 17.1 Å². The Morgan fingerprint density at radius 2 is 2.39 bits per heavy atom. The standard InChI is InChI=1S/C12H13N3O3/c1-2-6-18-10-4-3-5-13-11(10)15-8-9(7-14-15)12(16)17/h3-5,7-8H,2,6H2,1H3,(H,16,17). The van der Waals surface area contributed by atoms with E-state index in [1.54, 1.807) is 18.3 Å². The first kappa shape index (κ1) is 12.1. The highest BCUT2D eigenvalue weighted by Crippen LogP contribution is 2.19. The second kappa shape index (κ2) is 5.31. The van der Waals surface area contributed by atoms with Crippen LogP contribution < -0.4 is 4.74 Å². The third-order valence-electron chi connectivity index (χ3n) is 2.26. The van der Waals surface area contributed by atoms with Crippen molar-refractivity contribution in [3.63, 3.8) is 0 Å². The van der Waals surface area contributed by atoms with Gasteiger partial charge in [-0.2, -0.15) is 5.10 Å². The van der Waals surface area contributed by atoms with Gasteiger partial charge < -0.3 is 9.84 Å². The Morgan fingerprint density at radius 3 is 3.06 bits per heavy atom. The third-order valence-corrected chi connectivity index (χ3v) is 2.26. The van der Waals surface area contributed by atoms with Crippen molar-refractivity contribution in [3.8, 4) is 11.6 Å². The molecule has 0 aliphatic heterocycles. The van der Waals surface area contributed by atoms with Gasteiger partial charge in [0.2, 0.25) is 0 Å². The van der Waals surface area contributed by atoms with Gasteiger partial charge in [-0.15, -0.1) is 0 Å². The summed E-state index contributed by atoms with van der Waals surface area (Å²) in [4.78, 5) is 15.0. The molecule has 0 unspecified atom stereocenters. The molecule has 0 amide bonds. The van der Waals surface area contributed by atoms with Crippen molar-refractivity contribution in [1.29, 1.82) is 0 Å². The molecule has 0 saturated carbocycles. The molecule has 0 aliphatic rings. The largest absolute Gasteiger partial charge is 0.490 e. The van der Waals surface area contributed by atoms with Gasteiger partial charge in [0.15, 0.2) is 11.6 Å². The van der Waals surface area contributed by atoms with Crippen molar-refractivity contribution >= 4 is 5.97 Å². The Kier molecular flexibility index (Phi) is 3.57. The molecule has 2 heterocycles. The number of aromatic nitrogens is 3. The Morgan fingerprint density at radius 1 is 1.56 bits per heavy atom. The quantitative estimate of drug-likeness (QED) is 0.871. The minimum absolute atomic E-state index is 0.113. The highest BCUT2D eigenvalue weighted by Gasteiger charge is 2.11. The SMILES string of the molecule is CCCOc1cccnc1-n1cc(C(=O)O)cn1. The Bertz CT molecular complexity index is 551. The summed E-state index contributed by atoms with van der Waals surface area (Å²) in [5, 5.41) is 12.8. The molecule has 0 aliphatic carbocycles. The van der Waals surface area contributed by atoms with Gasteiger partial charge >= 0.3 is 5.97 Å². The van der Waals surface area contributed by atoms with Gasteiger partial charge in [-0.05, 0) is 18.6 Å². The lowest BCUT2D eigenvalue weighted by atomic mass is 10.4. The van der Waals surface area contributed by atoms with E-state index < -0.39 is 5.97 Å². The zero-order valence-corrected chi connectivity index (χ0v) is 9.91. The van der Waals surface area contributed by atoms with Crippen LogP contribution in [0.2, 0.25) is 0 Å². The van der Waals surface area contributed by atoms with E-state index in [9.17, 15) is 4.79 Å². The summed E-state index contributed by atoms with van der Waals surface area (Å²) in [6.07, 6.45) is 5.17. The summed E-state index contributed by atoms with van der Waals surface area (Å²) >= 11 is 0. The van der Waals surface area contributed by atoms with Gasteiger partial charge in [-0.1, -0.05) is 6.92 Å². The number of hydrogen-bond acceptors (Lipinski definition) is 4. The van der Waals surface area contributed by atoms with Gasteiger partial charge in [0.05, 0.1) is 18.4 Å². The maximum Gasteiger partial charge on any atom is 0.338 e. The molecular weight excluding hydrogens is 234 g/mol. The number of rotatable bonds is 5. The molecule has 0 fully saturated rings. The molecule has 2 aromatic heterocycles. The van der Waals surface area contributed by atoms with E-state index in [0.29, 0.717) is 18.2 Å². The molecule has 0 aromatic carbocycles. The number of ether oxygens (including phenoxy) is 1. The average molecular weight is 247 g/mol. The van der Waals surface area contributed by atoms with Gasteiger partial charge in [0, 0.05) is 12.4 Å². The molecule has 2 aromatic rings. The molecule has 18 heavy (non-hydrogen) atoms. The van der Waals surface area contributed by atoms with Crippen LogP contribution in [0.1, 0.15) is 23.7 Å². The molecule has 0 radical (unpaired) electrons. The van der Waals surface area contributed by atoms with Crippen LogP contribution in [-0.2, 0) is 0 Å². The van der Waals surface area contributed by atoms with Crippen molar-refractivity contribution in [2.75, 3.05) is 6.61 Å². The third kappa shape index (κ3) is 2.48. The Balaban J connectivity index is 2.33. The van der Waals surface area contributed by atoms with Gasteiger partial charge in [-0.3, -0.25) is 0 Å². The lowest BCUT2D eigenvalue weighted by Crippen LogP contribution is -2.04. The smallest absolute Gasteiger partial charge is 0.338 e. The van der Waals surface area contributed by atoms with E-state index in [2.05, 4.69) is 10.1 Å². The van der Waals surface area contributed by atoms with Crippen LogP contribution in [0.3, 0.4) is 0 Å². The van der Waals surface area contributed by atoms with E-state index in [1.807, 2.05) is 6.92 Å². The minimum Gasteiger partial charge on any atom is -0.490 e. The predicted molar refractivity (Wildman–Crippen MR) is 64.1 cm³/mol. The topological polar surface area (TPSA) is 77.2 Å². The van der Waals surface area contributed by atoms with Crippen molar-refractivity contribution in [3.05, 3.63) is 36.3 Å². The van der Waals surface area contributed by atoms with Crippen LogP contribution in [0.4, 0.5) is 0 Å². The summed E-state index contributed by atoms with van der Waals surface area (Å²) in [7, 11) is 0. The zero-order chi connectivity index (χ0) is 13.0. The average Bonchev–Trinajstić information content (AvgIpc) is 2.86. The fourth-order valence-corrected chi connectivity index (χ4v) is 1.43. The number of aromatic carboxylic acids is 1. The number of pyridine rings is 1. The number of carboxylic acids is 1. The highest BCUT2D eigenvalue weighted by atomic mass is 16.5. The van der Waals surface area contributed by atoms with Crippen LogP contribution in [0.25, 0.3) is 5.82 Å². The first-order valence-electron chi connectivity index (χ1n) is 5.58. The zero-order valence-electron chi connectivity index (χ0n) is 9.91. The van der Waals surface area contributed by atoms with E-state index in [4.69, 9.17) is 9.84 Å². The maximum absolute atomic E-state index is 10.8. The van der Waals surface area contributed by atoms with Crippen LogP contribution >= 0.6 is 0 Å². The van der Waals surface area contributed by atoms with Crippen LogP contribution in [0, 0.1) is 0 Å². The number of nitrogens with zero attached hydrogens (tertiary/aromatic N) is 3. The van der Waals surface area contributed by atoms with Crippen LogP contribution in [0.15, 0.2) is 30.7 Å². The van der Waals surface area contributed by atoms with Crippen molar-refractivity contribution in [2.24, 2.45) is 0 Å². The van der Waals surface area contributed by atoms with Crippen LogP contribution in [0.5, 0.6) is 5.75 Å². The first-order chi connectivity index (χ1) is 8.72. The van der Waals surface area contributed by atoms with E-state index in [-0.39, 0.29) is 5.56 Å². The second-order valence-electron chi connectivity index (χ2n) is 3.65. The van der Waals surface area contributed by atoms with Gasteiger partial charge in [-0.25, -0.2) is 14.5 Å². The number of carbonyl (C=O) groups is 1. The van der Waals surface area contributed by atoms with Crippen molar-refractivity contribution in [2.45, 2.75) is 13.3 Å². The minimum atomic E-state index is -1.02. The first-order valence-corrected chi connectivity index (χ1v) is 5.58. The molecule has 2 rings (SSSR count). The molecule has 6 heteroatoms. The molecule has 0 bridgehead atoms. The number of carboxylic acid groups (broad SMARTS) is 1. The molecule has 6 nitrogen and oxygen atoms in total. The summed E-state index contributed by atoms with van der Waals surface area (Å²) in [6.45, 7) is 2.58. The fourth-order valence-electron chi connectivity index (χ4n) is 1.43. The van der Waals surface area contributed by atoms with E-state index in [0.717, 1.165) is 6.42 Å². The molecule has 1 N–H and O–H groups in total. The summed E-state index contributed by atoms with van der Waals surface area (Å²) in [5.41, 5.74) is 0.113. The van der Waals surface area contributed by atoms with Crippen LogP contribution in [-0.4, -0.2) is 32.4 Å². The number of hydrogen-bond donors (Lipinski definition) is 1. The molecule has 0 spiro atoms. The normalized spacial score (nSPS) is 10.3. The molecular formula is C12H13N3O3. The second-order valence-corrected chi connectivity index (χ2v) is 3.65. The van der Waals surface area contributed by atoms with Crippen molar-refractivity contribution < 1.29 is 14.6 Å². The summed E-state index contributed by atoms with van der Waals surface area (Å²) in [6, 6.07) is 3.54. The Labute approximate surface area is 104 Å². The maximum atomic E-state index is 10.8. The molecule has 0 atom stereocenters. The molecule has 94 valence electrons. The summed E-state index contributed by atoms with van der Waals surface area (Å²) in [5.74, 6) is 0.0473. The lowest BCUT2D eigenvalue weighted by molar-refractivity contribution is 0.0697. The van der Waals surface area contributed by atoms with Crippen molar-refractivity contribution in [1.82, 2.24) is 14.8 Å².